The van der Waals surface area contributed by atoms with E-state index in [1.54, 1.807) is 12.1 Å². The van der Waals surface area contributed by atoms with E-state index in [2.05, 4.69) is 30.8 Å². The summed E-state index contributed by atoms with van der Waals surface area (Å²) < 4.78 is 0. The summed E-state index contributed by atoms with van der Waals surface area (Å²) in [6.45, 7) is 4.33. The molecule has 116 valence electrons. The quantitative estimate of drug-likeness (QED) is 0.904. The maximum atomic E-state index is 11.2. The van der Waals surface area contributed by atoms with Crippen LogP contribution in [0.5, 0.6) is 0 Å². The molecule has 0 spiro atoms. The number of nitrogens with zero attached hydrogens (tertiary/aromatic N) is 2. The third-order valence-electron chi connectivity index (χ3n) is 4.79. The molecule has 1 heterocycles. The number of benzene rings is 1. The van der Waals surface area contributed by atoms with E-state index in [-0.39, 0.29) is 0 Å². The van der Waals surface area contributed by atoms with Crippen LogP contribution in [0.4, 0.5) is 0 Å². The van der Waals surface area contributed by atoms with Gasteiger partial charge in [0.25, 0.3) is 0 Å². The van der Waals surface area contributed by atoms with Crippen molar-refractivity contribution in [2.45, 2.75) is 38.3 Å². The predicted molar refractivity (Wildman–Crippen MR) is 84.8 cm³/mol. The highest BCUT2D eigenvalue weighted by Crippen LogP contribution is 2.20. The van der Waals surface area contributed by atoms with Gasteiger partial charge >= 0.3 is 5.97 Å². The van der Waals surface area contributed by atoms with Crippen LogP contribution in [0.3, 0.4) is 0 Å². The Kier molecular flexibility index (Phi) is 5.37. The van der Waals surface area contributed by atoms with Crippen molar-refractivity contribution >= 4 is 5.97 Å². The van der Waals surface area contributed by atoms with Gasteiger partial charge in [-0.3, -0.25) is 0 Å². The average molecular weight is 290 g/mol. The number of carboxylic acid groups (broad SMARTS) is 1. The minimum absolute atomic E-state index is 0.433. The van der Waals surface area contributed by atoms with Crippen molar-refractivity contribution in [3.05, 3.63) is 35.4 Å². The fourth-order valence-electron chi connectivity index (χ4n) is 3.09. The van der Waals surface area contributed by atoms with Crippen molar-refractivity contribution < 1.29 is 9.90 Å². The number of aromatic carboxylic acids is 1. The molecule has 21 heavy (non-hydrogen) atoms. The molecule has 4 nitrogen and oxygen atoms in total. The normalized spacial score (nSPS) is 23.4. The van der Waals surface area contributed by atoms with E-state index in [0.29, 0.717) is 17.6 Å². The highest BCUT2D eigenvalue weighted by atomic mass is 16.4. The van der Waals surface area contributed by atoms with Crippen molar-refractivity contribution in [1.82, 2.24) is 9.80 Å². The zero-order valence-corrected chi connectivity index (χ0v) is 13.2. The number of hydrogen-bond acceptors (Lipinski definition) is 3. The minimum atomic E-state index is -0.832. The third kappa shape index (κ3) is 4.05. The Labute approximate surface area is 127 Å². The number of likely N-dealkylation sites (tertiary alicyclic amines) is 1. The van der Waals surface area contributed by atoms with Gasteiger partial charge in [-0.05, 0) is 58.5 Å². The van der Waals surface area contributed by atoms with Gasteiger partial charge in [0.15, 0.2) is 0 Å². The second-order valence-corrected chi connectivity index (χ2v) is 6.20. The van der Waals surface area contributed by atoms with Crippen LogP contribution in [-0.2, 0) is 6.42 Å². The molecule has 0 aliphatic carbocycles. The molecule has 1 aromatic rings. The first-order chi connectivity index (χ1) is 9.99. The maximum Gasteiger partial charge on any atom is 0.335 e. The molecular weight excluding hydrogens is 264 g/mol. The summed E-state index contributed by atoms with van der Waals surface area (Å²) in [5, 5.41) is 9.22. The first kappa shape index (κ1) is 16.0. The molecule has 1 N–H and O–H groups in total. The molecule has 2 unspecified atom stereocenters. The highest BCUT2D eigenvalue weighted by Gasteiger charge is 2.25. The van der Waals surface area contributed by atoms with Gasteiger partial charge in [0.05, 0.1) is 5.56 Å². The van der Waals surface area contributed by atoms with Crippen molar-refractivity contribution in [2.75, 3.05) is 27.2 Å². The van der Waals surface area contributed by atoms with E-state index < -0.39 is 5.97 Å². The lowest BCUT2D eigenvalue weighted by Crippen LogP contribution is -2.46. The number of carboxylic acids is 1. The topological polar surface area (TPSA) is 43.8 Å². The molecule has 2 rings (SSSR count). The standard InChI is InChI=1S/C17H26N2O2/c1-13-12-15(9-11-18(13)2)19(3)10-8-14-6-4-5-7-16(14)17(20)21/h4-7,13,15H,8-12H2,1-3H3,(H,20,21). The Balaban J connectivity index is 1.92. The molecule has 1 fully saturated rings. The molecule has 2 atom stereocenters. The van der Waals surface area contributed by atoms with Crippen LogP contribution in [0.25, 0.3) is 0 Å². The van der Waals surface area contributed by atoms with Crippen LogP contribution < -0.4 is 0 Å². The Bertz CT molecular complexity index is 489. The lowest BCUT2D eigenvalue weighted by atomic mass is 9.97. The van der Waals surface area contributed by atoms with E-state index in [9.17, 15) is 9.90 Å². The average Bonchev–Trinajstić information content (AvgIpc) is 2.47. The largest absolute Gasteiger partial charge is 0.478 e. The van der Waals surface area contributed by atoms with Crippen LogP contribution in [0, 0.1) is 0 Å². The van der Waals surface area contributed by atoms with Gasteiger partial charge in [-0.25, -0.2) is 4.79 Å². The maximum absolute atomic E-state index is 11.2. The van der Waals surface area contributed by atoms with Crippen molar-refractivity contribution in [1.29, 1.82) is 0 Å². The predicted octanol–water partition coefficient (Wildman–Crippen LogP) is 2.34. The lowest BCUT2D eigenvalue weighted by molar-refractivity contribution is 0.0695. The number of likely N-dealkylation sites (N-methyl/N-ethyl adjacent to an activating group) is 1. The van der Waals surface area contributed by atoms with Gasteiger partial charge in [0.2, 0.25) is 0 Å². The van der Waals surface area contributed by atoms with Crippen LogP contribution in [0.15, 0.2) is 24.3 Å². The van der Waals surface area contributed by atoms with Crippen molar-refractivity contribution in [3.8, 4) is 0 Å². The number of carbonyl (C=O) groups is 1. The summed E-state index contributed by atoms with van der Waals surface area (Å²) in [5.74, 6) is -0.832. The first-order valence-corrected chi connectivity index (χ1v) is 7.70. The second-order valence-electron chi connectivity index (χ2n) is 6.20. The second kappa shape index (κ2) is 7.05. The Hall–Kier alpha value is -1.39. The monoisotopic (exact) mass is 290 g/mol. The number of hydrogen-bond donors (Lipinski definition) is 1. The van der Waals surface area contributed by atoms with Gasteiger partial charge < -0.3 is 14.9 Å². The van der Waals surface area contributed by atoms with Gasteiger partial charge in [-0.15, -0.1) is 0 Å². The summed E-state index contributed by atoms with van der Waals surface area (Å²) in [6.07, 6.45) is 3.17. The summed E-state index contributed by atoms with van der Waals surface area (Å²) in [5.41, 5.74) is 1.36. The lowest BCUT2D eigenvalue weighted by Gasteiger charge is -2.39. The fourth-order valence-corrected chi connectivity index (χ4v) is 3.09. The molecule has 4 heteroatoms. The molecule has 1 aliphatic heterocycles. The van der Waals surface area contributed by atoms with Gasteiger partial charge in [0.1, 0.15) is 0 Å². The molecule has 0 bridgehead atoms. The molecule has 0 radical (unpaired) electrons. The zero-order valence-electron chi connectivity index (χ0n) is 13.2. The van der Waals surface area contributed by atoms with E-state index in [4.69, 9.17) is 0 Å². The molecule has 1 aromatic carbocycles. The Morgan fingerprint density at radius 2 is 2.14 bits per heavy atom. The Morgan fingerprint density at radius 1 is 1.43 bits per heavy atom. The van der Waals surface area contributed by atoms with Gasteiger partial charge in [-0.2, -0.15) is 0 Å². The van der Waals surface area contributed by atoms with E-state index in [1.807, 2.05) is 12.1 Å². The van der Waals surface area contributed by atoms with Crippen LogP contribution in [0.2, 0.25) is 0 Å². The first-order valence-electron chi connectivity index (χ1n) is 7.70. The molecule has 0 amide bonds. The minimum Gasteiger partial charge on any atom is -0.478 e. The van der Waals surface area contributed by atoms with E-state index in [1.165, 1.54) is 12.8 Å². The third-order valence-corrected chi connectivity index (χ3v) is 4.79. The van der Waals surface area contributed by atoms with E-state index in [0.717, 1.165) is 25.1 Å². The van der Waals surface area contributed by atoms with Crippen LogP contribution in [-0.4, -0.2) is 60.1 Å². The number of rotatable bonds is 5. The SMILES string of the molecule is CC1CC(N(C)CCc2ccccc2C(=O)O)CCN1C. The molecule has 1 saturated heterocycles. The molecular formula is C17H26N2O2. The van der Waals surface area contributed by atoms with E-state index >= 15 is 0 Å². The smallest absolute Gasteiger partial charge is 0.335 e. The fraction of sp³-hybridized carbons (Fsp3) is 0.588. The zero-order chi connectivity index (χ0) is 15.4. The Morgan fingerprint density at radius 3 is 2.81 bits per heavy atom. The van der Waals surface area contributed by atoms with Crippen LogP contribution in [0.1, 0.15) is 35.7 Å². The molecule has 1 aliphatic rings. The summed E-state index contributed by atoms with van der Waals surface area (Å²) >= 11 is 0. The summed E-state index contributed by atoms with van der Waals surface area (Å²) in [7, 11) is 4.34. The highest BCUT2D eigenvalue weighted by molar-refractivity contribution is 5.89. The molecule has 0 aromatic heterocycles. The van der Waals surface area contributed by atoms with Gasteiger partial charge in [0, 0.05) is 18.6 Å². The van der Waals surface area contributed by atoms with Gasteiger partial charge in [-0.1, -0.05) is 18.2 Å². The van der Waals surface area contributed by atoms with Crippen molar-refractivity contribution in [3.63, 3.8) is 0 Å². The summed E-state index contributed by atoms with van der Waals surface area (Å²) in [6, 6.07) is 8.55. The van der Waals surface area contributed by atoms with Crippen molar-refractivity contribution in [2.24, 2.45) is 0 Å². The van der Waals surface area contributed by atoms with Crippen LogP contribution >= 0.6 is 0 Å². The number of piperidine rings is 1. The molecule has 0 saturated carbocycles. The summed E-state index contributed by atoms with van der Waals surface area (Å²) in [4.78, 5) is 16.0.